The summed E-state index contributed by atoms with van der Waals surface area (Å²) in [5, 5.41) is 0. The summed E-state index contributed by atoms with van der Waals surface area (Å²) in [4.78, 5) is 19.0. The number of carbonyl (C=O) groups excluding carboxylic acids is 1. The number of aromatic amines is 1. The van der Waals surface area contributed by atoms with Crippen molar-refractivity contribution in [3.05, 3.63) is 21.7 Å². The fourth-order valence-electron chi connectivity index (χ4n) is 1.42. The van der Waals surface area contributed by atoms with E-state index in [9.17, 15) is 4.79 Å². The summed E-state index contributed by atoms with van der Waals surface area (Å²) in [5.41, 5.74) is 0.957. The van der Waals surface area contributed by atoms with Gasteiger partial charge in [0.25, 0.3) is 0 Å². The molecular weight excluding hydrogens is 236 g/mol. The minimum absolute atomic E-state index is 0.0903. The molecule has 5 heteroatoms. The van der Waals surface area contributed by atoms with Crippen molar-refractivity contribution in [1.29, 1.82) is 0 Å². The van der Waals surface area contributed by atoms with E-state index < -0.39 is 5.97 Å². The fourth-order valence-corrected chi connectivity index (χ4v) is 1.74. The highest BCUT2D eigenvalue weighted by Gasteiger charge is 2.23. The minimum atomic E-state index is -0.447. The normalized spacial score (nSPS) is 11.4. The van der Waals surface area contributed by atoms with Crippen LogP contribution in [0.2, 0.25) is 0 Å². The Morgan fingerprint density at radius 3 is 2.53 bits per heavy atom. The number of hydrogen-bond acceptors (Lipinski definition) is 4. The van der Waals surface area contributed by atoms with Crippen molar-refractivity contribution in [2.75, 3.05) is 7.11 Å². The second-order valence-corrected chi connectivity index (χ2v) is 5.01. The summed E-state index contributed by atoms with van der Waals surface area (Å²) in [6.07, 6.45) is 0.933. The van der Waals surface area contributed by atoms with Gasteiger partial charge in [0.15, 0.2) is 0 Å². The summed E-state index contributed by atoms with van der Waals surface area (Å²) in [6, 6.07) is 0. The highest BCUT2D eigenvalue weighted by Crippen LogP contribution is 2.24. The first-order valence-electron chi connectivity index (χ1n) is 5.53. The van der Waals surface area contributed by atoms with Gasteiger partial charge < -0.3 is 9.72 Å². The molecular formula is C12H18N2O2S. The van der Waals surface area contributed by atoms with Gasteiger partial charge in [-0.05, 0) is 13.3 Å². The summed E-state index contributed by atoms with van der Waals surface area (Å²) < 4.78 is 4.98. The third-order valence-electron chi connectivity index (χ3n) is 3.02. The third-order valence-corrected chi connectivity index (χ3v) is 3.32. The van der Waals surface area contributed by atoms with Gasteiger partial charge in [-0.1, -0.05) is 33.0 Å². The molecule has 0 bridgehead atoms. The topological polar surface area (TPSA) is 55.0 Å². The van der Waals surface area contributed by atoms with Crippen LogP contribution in [-0.4, -0.2) is 23.0 Å². The zero-order valence-corrected chi connectivity index (χ0v) is 11.7. The molecule has 1 aromatic heterocycles. The summed E-state index contributed by atoms with van der Waals surface area (Å²) in [7, 11) is 1.33. The lowest BCUT2D eigenvalue weighted by Crippen LogP contribution is -2.22. The fraction of sp³-hybridized carbons (Fsp3) is 0.583. The van der Waals surface area contributed by atoms with E-state index in [1.165, 1.54) is 7.11 Å². The van der Waals surface area contributed by atoms with Crippen LogP contribution in [0, 0.1) is 11.6 Å². The number of nitrogens with zero attached hydrogens (tertiary/aromatic N) is 1. The first kappa shape index (κ1) is 13.8. The van der Waals surface area contributed by atoms with E-state index in [1.807, 2.05) is 0 Å². The first-order valence-corrected chi connectivity index (χ1v) is 5.94. The largest absolute Gasteiger partial charge is 0.465 e. The molecule has 94 valence electrons. The highest BCUT2D eigenvalue weighted by molar-refractivity contribution is 7.71. The molecule has 0 amide bonds. The number of aryl methyl sites for hydroxylation is 1. The van der Waals surface area contributed by atoms with Gasteiger partial charge in [-0.3, -0.25) is 0 Å². The lowest BCUT2D eigenvalue weighted by Gasteiger charge is -2.22. The maximum Gasteiger partial charge on any atom is 0.342 e. The molecule has 1 N–H and O–H groups in total. The number of H-pyrrole nitrogens is 1. The zero-order chi connectivity index (χ0) is 13.2. The van der Waals surface area contributed by atoms with E-state index in [2.05, 4.69) is 35.5 Å². The number of methoxy groups -OCH3 is 1. The number of carbonyl (C=O) groups is 1. The monoisotopic (exact) mass is 254 g/mol. The molecule has 0 saturated heterocycles. The van der Waals surface area contributed by atoms with E-state index in [0.29, 0.717) is 15.9 Å². The predicted molar refractivity (Wildman–Crippen MR) is 68.8 cm³/mol. The van der Waals surface area contributed by atoms with E-state index in [1.54, 1.807) is 6.92 Å². The molecule has 1 rings (SSSR count). The smallest absolute Gasteiger partial charge is 0.342 e. The number of esters is 1. The molecule has 0 aromatic carbocycles. The van der Waals surface area contributed by atoms with Crippen molar-refractivity contribution >= 4 is 18.2 Å². The summed E-state index contributed by atoms with van der Waals surface area (Å²) in [6.45, 7) is 8.05. The van der Waals surface area contributed by atoms with Crippen molar-refractivity contribution in [3.63, 3.8) is 0 Å². The standard InChI is InChI=1S/C12H18N2O2S/c1-6-12(3,4)11-13-7(2)8(9(17)14-11)10(15)16-5/h6H2,1-5H3,(H,13,14,17). The van der Waals surface area contributed by atoms with Gasteiger partial charge in [-0.2, -0.15) is 0 Å². The van der Waals surface area contributed by atoms with Crippen LogP contribution in [0.4, 0.5) is 0 Å². The van der Waals surface area contributed by atoms with Crippen LogP contribution in [-0.2, 0) is 10.2 Å². The molecule has 0 aliphatic carbocycles. The van der Waals surface area contributed by atoms with Crippen molar-refractivity contribution in [1.82, 2.24) is 9.97 Å². The van der Waals surface area contributed by atoms with Gasteiger partial charge in [-0.15, -0.1) is 0 Å². The van der Waals surface area contributed by atoms with Crippen molar-refractivity contribution in [2.24, 2.45) is 0 Å². The van der Waals surface area contributed by atoms with Gasteiger partial charge in [-0.25, -0.2) is 9.78 Å². The predicted octanol–water partition coefficient (Wildman–Crippen LogP) is 2.92. The second-order valence-electron chi connectivity index (χ2n) is 4.62. The number of ether oxygens (including phenoxy) is 1. The average molecular weight is 254 g/mol. The molecule has 0 aliphatic heterocycles. The molecule has 0 fully saturated rings. The number of rotatable bonds is 3. The summed E-state index contributed by atoms with van der Waals surface area (Å²) >= 11 is 5.15. The first-order chi connectivity index (χ1) is 7.83. The molecule has 0 saturated carbocycles. The van der Waals surface area contributed by atoms with Crippen LogP contribution >= 0.6 is 12.2 Å². The highest BCUT2D eigenvalue weighted by atomic mass is 32.1. The maximum absolute atomic E-state index is 11.5. The molecule has 0 aliphatic rings. The van der Waals surface area contributed by atoms with Crippen LogP contribution in [0.1, 0.15) is 49.1 Å². The van der Waals surface area contributed by atoms with Crippen LogP contribution in [0.15, 0.2) is 0 Å². The number of hydrogen-bond donors (Lipinski definition) is 1. The van der Waals surface area contributed by atoms with E-state index >= 15 is 0 Å². The van der Waals surface area contributed by atoms with Gasteiger partial charge in [0.1, 0.15) is 16.0 Å². The van der Waals surface area contributed by atoms with Gasteiger partial charge in [0.2, 0.25) is 0 Å². The molecule has 17 heavy (non-hydrogen) atoms. The Morgan fingerprint density at radius 2 is 2.12 bits per heavy atom. The molecule has 0 unspecified atom stereocenters. The van der Waals surface area contributed by atoms with Crippen molar-refractivity contribution < 1.29 is 9.53 Å². The molecule has 1 heterocycles. The van der Waals surface area contributed by atoms with Crippen LogP contribution in [0.5, 0.6) is 0 Å². The Labute approximate surface area is 106 Å². The lowest BCUT2D eigenvalue weighted by molar-refractivity contribution is 0.0598. The Hall–Kier alpha value is -1.23. The van der Waals surface area contributed by atoms with E-state index in [0.717, 1.165) is 12.2 Å². The lowest BCUT2D eigenvalue weighted by atomic mass is 9.89. The van der Waals surface area contributed by atoms with Crippen molar-refractivity contribution in [2.45, 2.75) is 39.5 Å². The number of nitrogens with one attached hydrogen (secondary N) is 1. The van der Waals surface area contributed by atoms with Crippen LogP contribution in [0.25, 0.3) is 0 Å². The molecule has 0 atom stereocenters. The Bertz CT molecular complexity index is 492. The maximum atomic E-state index is 11.5. The van der Waals surface area contributed by atoms with E-state index in [-0.39, 0.29) is 5.41 Å². The number of aromatic nitrogens is 2. The quantitative estimate of drug-likeness (QED) is 0.665. The van der Waals surface area contributed by atoms with Gasteiger partial charge in [0.05, 0.1) is 7.11 Å². The molecule has 4 nitrogen and oxygen atoms in total. The third kappa shape index (κ3) is 2.72. The molecule has 0 radical (unpaired) electrons. The van der Waals surface area contributed by atoms with E-state index in [4.69, 9.17) is 12.2 Å². The van der Waals surface area contributed by atoms with Crippen LogP contribution in [0.3, 0.4) is 0 Å². The van der Waals surface area contributed by atoms with Gasteiger partial charge in [0, 0.05) is 11.1 Å². The van der Waals surface area contributed by atoms with Crippen LogP contribution < -0.4 is 0 Å². The zero-order valence-electron chi connectivity index (χ0n) is 10.9. The minimum Gasteiger partial charge on any atom is -0.465 e. The Morgan fingerprint density at radius 1 is 1.53 bits per heavy atom. The molecule has 1 aromatic rings. The van der Waals surface area contributed by atoms with Gasteiger partial charge >= 0.3 is 5.97 Å². The SMILES string of the molecule is CCC(C)(C)c1nc(=S)c(C(=O)OC)c(C)[nH]1. The molecule has 0 spiro atoms. The van der Waals surface area contributed by atoms with Crippen molar-refractivity contribution in [3.8, 4) is 0 Å². The Kier molecular flexibility index (Phi) is 4.03. The second kappa shape index (κ2) is 4.96. The summed E-state index contributed by atoms with van der Waals surface area (Å²) in [5.74, 6) is 0.354. The average Bonchev–Trinajstić information content (AvgIpc) is 2.27. The Balaban J connectivity index is 3.38.